The van der Waals surface area contributed by atoms with E-state index in [0.717, 1.165) is 34.2 Å². The second kappa shape index (κ2) is 7.98. The lowest BCUT2D eigenvalue weighted by Crippen LogP contribution is -2.30. The van der Waals surface area contributed by atoms with Crippen molar-refractivity contribution in [2.45, 2.75) is 18.8 Å². The Labute approximate surface area is 169 Å². The number of amides is 1. The summed E-state index contributed by atoms with van der Waals surface area (Å²) in [5.41, 5.74) is 3.00. The zero-order valence-electron chi connectivity index (χ0n) is 15.9. The Bertz CT molecular complexity index is 1040. The van der Waals surface area contributed by atoms with Gasteiger partial charge in [-0.3, -0.25) is 4.79 Å². The van der Waals surface area contributed by atoms with Crippen LogP contribution in [0.2, 0.25) is 0 Å². The molecule has 0 spiro atoms. The fraction of sp³-hybridized carbons (Fsp3) is 0.174. The van der Waals surface area contributed by atoms with E-state index in [1.165, 1.54) is 17.3 Å². The maximum absolute atomic E-state index is 12.5. The maximum Gasteiger partial charge on any atom is 0.260 e. The average molecular weight is 391 g/mol. The molecule has 0 saturated carbocycles. The largest absolute Gasteiger partial charge is 0.496 e. The second-order valence-electron chi connectivity index (χ2n) is 6.58. The molecule has 0 unspecified atom stereocenters. The Morgan fingerprint density at radius 3 is 2.64 bits per heavy atom. The van der Waals surface area contributed by atoms with Gasteiger partial charge in [0, 0.05) is 11.3 Å². The third-order valence-electron chi connectivity index (χ3n) is 4.82. The average Bonchev–Trinajstić information content (AvgIpc) is 3.07. The normalized spacial score (nSPS) is 17.7. The first-order valence-electron chi connectivity index (χ1n) is 9.28. The number of nitrogens with one attached hydrogen (secondary N) is 2. The van der Waals surface area contributed by atoms with Crippen LogP contribution in [0.3, 0.4) is 0 Å². The summed E-state index contributed by atoms with van der Waals surface area (Å²) >= 11 is 1.48. The Morgan fingerprint density at radius 2 is 1.89 bits per heavy atom. The molecular formula is C23H22N2O2S. The van der Waals surface area contributed by atoms with E-state index in [2.05, 4.69) is 35.8 Å². The third kappa shape index (κ3) is 3.71. The van der Waals surface area contributed by atoms with Crippen LogP contribution in [0.5, 0.6) is 5.75 Å². The van der Waals surface area contributed by atoms with Gasteiger partial charge in [-0.15, -0.1) is 0 Å². The van der Waals surface area contributed by atoms with E-state index in [1.807, 2.05) is 48.5 Å². The number of benzene rings is 3. The number of anilines is 1. The summed E-state index contributed by atoms with van der Waals surface area (Å²) in [6.45, 7) is 2.13. The lowest BCUT2D eigenvalue weighted by Gasteiger charge is -2.13. The summed E-state index contributed by atoms with van der Waals surface area (Å²) in [6.07, 6.45) is 2.93. The van der Waals surface area contributed by atoms with Gasteiger partial charge in [-0.1, -0.05) is 61.2 Å². The van der Waals surface area contributed by atoms with E-state index >= 15 is 0 Å². The van der Waals surface area contributed by atoms with Crippen molar-refractivity contribution in [1.29, 1.82) is 0 Å². The lowest BCUT2D eigenvalue weighted by atomic mass is 10.0. The van der Waals surface area contributed by atoms with Crippen LogP contribution in [0.4, 0.5) is 5.69 Å². The van der Waals surface area contributed by atoms with Crippen molar-refractivity contribution < 1.29 is 9.53 Å². The van der Waals surface area contributed by atoms with Gasteiger partial charge in [-0.05, 0) is 47.0 Å². The highest BCUT2D eigenvalue weighted by molar-refractivity contribution is 8.05. The van der Waals surface area contributed by atoms with E-state index in [-0.39, 0.29) is 11.4 Å². The van der Waals surface area contributed by atoms with Gasteiger partial charge in [-0.25, -0.2) is 0 Å². The Kier molecular flexibility index (Phi) is 5.26. The number of carbonyl (C=O) groups excluding carboxylic acids is 1. The molecule has 28 heavy (non-hydrogen) atoms. The molecule has 0 aromatic heterocycles. The summed E-state index contributed by atoms with van der Waals surface area (Å²) in [4.78, 5) is 13.2. The molecule has 1 fully saturated rings. The zero-order chi connectivity index (χ0) is 19.5. The molecule has 3 aromatic rings. The molecular weight excluding hydrogens is 368 g/mol. The predicted octanol–water partition coefficient (Wildman–Crippen LogP) is 5.01. The number of aryl methyl sites for hydroxylation is 1. The highest BCUT2D eigenvalue weighted by Crippen LogP contribution is 2.35. The maximum atomic E-state index is 12.5. The quantitative estimate of drug-likeness (QED) is 0.601. The first kappa shape index (κ1) is 18.4. The van der Waals surface area contributed by atoms with Gasteiger partial charge in [0.2, 0.25) is 0 Å². The lowest BCUT2D eigenvalue weighted by molar-refractivity contribution is -0.116. The Morgan fingerprint density at radius 1 is 1.11 bits per heavy atom. The van der Waals surface area contributed by atoms with Crippen molar-refractivity contribution in [3.8, 4) is 5.75 Å². The van der Waals surface area contributed by atoms with Crippen molar-refractivity contribution in [1.82, 2.24) is 5.32 Å². The van der Waals surface area contributed by atoms with Crippen molar-refractivity contribution >= 4 is 40.2 Å². The van der Waals surface area contributed by atoms with Crippen LogP contribution in [-0.2, 0) is 11.2 Å². The van der Waals surface area contributed by atoms with Crippen LogP contribution < -0.4 is 15.4 Å². The fourth-order valence-electron chi connectivity index (χ4n) is 3.29. The molecule has 5 heteroatoms. The van der Waals surface area contributed by atoms with Gasteiger partial charge in [-0.2, -0.15) is 0 Å². The molecule has 1 aliphatic heterocycles. The van der Waals surface area contributed by atoms with Crippen molar-refractivity contribution in [2.75, 3.05) is 12.4 Å². The van der Waals surface area contributed by atoms with Crippen LogP contribution in [-0.4, -0.2) is 18.5 Å². The minimum Gasteiger partial charge on any atom is -0.496 e. The molecule has 0 radical (unpaired) electrons. The van der Waals surface area contributed by atoms with E-state index in [1.54, 1.807) is 7.11 Å². The van der Waals surface area contributed by atoms with Gasteiger partial charge >= 0.3 is 0 Å². The Balaban J connectivity index is 1.60. The fourth-order valence-corrected chi connectivity index (χ4v) is 4.25. The number of methoxy groups -OCH3 is 1. The second-order valence-corrected chi connectivity index (χ2v) is 7.72. The topological polar surface area (TPSA) is 50.4 Å². The van der Waals surface area contributed by atoms with Crippen molar-refractivity contribution in [2.24, 2.45) is 0 Å². The number of thioether (sulfide) groups is 1. The van der Waals surface area contributed by atoms with Crippen LogP contribution in [0.15, 0.2) is 65.6 Å². The summed E-state index contributed by atoms with van der Waals surface area (Å²) in [7, 11) is 1.65. The first-order valence-corrected chi connectivity index (χ1v) is 10.2. The molecule has 0 aliphatic carbocycles. The molecule has 1 amide bonds. The molecule has 3 aromatic carbocycles. The molecule has 142 valence electrons. The van der Waals surface area contributed by atoms with E-state index in [0.29, 0.717) is 4.91 Å². The first-order chi connectivity index (χ1) is 13.7. The number of rotatable bonds is 5. The molecule has 4 rings (SSSR count). The molecule has 1 saturated heterocycles. The van der Waals surface area contributed by atoms with Gasteiger partial charge in [0.1, 0.15) is 5.75 Å². The molecule has 4 nitrogen and oxygen atoms in total. The van der Waals surface area contributed by atoms with Crippen molar-refractivity contribution in [3.63, 3.8) is 0 Å². The number of hydrogen-bond acceptors (Lipinski definition) is 4. The highest BCUT2D eigenvalue weighted by Gasteiger charge is 2.27. The summed E-state index contributed by atoms with van der Waals surface area (Å²) in [5, 5.41) is 8.53. The molecule has 1 heterocycles. The molecule has 1 aliphatic rings. The van der Waals surface area contributed by atoms with Crippen LogP contribution >= 0.6 is 11.8 Å². The summed E-state index contributed by atoms with van der Waals surface area (Å²) in [6, 6.07) is 20.4. The smallest absolute Gasteiger partial charge is 0.260 e. The van der Waals surface area contributed by atoms with Gasteiger partial charge < -0.3 is 15.4 Å². The van der Waals surface area contributed by atoms with Gasteiger partial charge in [0.15, 0.2) is 5.50 Å². The summed E-state index contributed by atoms with van der Waals surface area (Å²) in [5.74, 6) is 0.675. The Hall–Kier alpha value is -2.92. The van der Waals surface area contributed by atoms with Gasteiger partial charge in [0.25, 0.3) is 5.91 Å². The van der Waals surface area contributed by atoms with Crippen LogP contribution in [0.25, 0.3) is 16.8 Å². The number of ether oxygens (including phenoxy) is 1. The predicted molar refractivity (Wildman–Crippen MR) is 117 cm³/mol. The number of fused-ring (bicyclic) bond motifs is 1. The summed E-state index contributed by atoms with van der Waals surface area (Å²) < 4.78 is 5.54. The van der Waals surface area contributed by atoms with Gasteiger partial charge in [0.05, 0.1) is 12.0 Å². The molecule has 2 N–H and O–H groups in total. The number of carbonyl (C=O) groups is 1. The molecule has 0 bridgehead atoms. The molecule has 1 atom stereocenters. The van der Waals surface area contributed by atoms with Crippen molar-refractivity contribution in [3.05, 3.63) is 76.7 Å². The van der Waals surface area contributed by atoms with E-state index in [4.69, 9.17) is 4.74 Å². The van der Waals surface area contributed by atoms with E-state index < -0.39 is 0 Å². The minimum atomic E-state index is -0.202. The zero-order valence-corrected chi connectivity index (χ0v) is 16.7. The third-order valence-corrected chi connectivity index (χ3v) is 5.85. The van der Waals surface area contributed by atoms with Crippen LogP contribution in [0, 0.1) is 0 Å². The SMILES string of the molecule is CCc1ccc(N[C@@H]2NC(=O)/C(=C\c3c(OC)ccc4ccccc34)S2)cc1. The minimum absolute atomic E-state index is 0.0809. The standard InChI is InChI=1S/C23H22N2O2S/c1-3-15-8-11-17(12-9-15)24-23-25-22(26)21(28-23)14-19-18-7-5-4-6-16(18)10-13-20(19)27-2/h4-14,23-24H,3H2,1-2H3,(H,25,26)/b21-14+/t23-/m1/s1. The monoisotopic (exact) mass is 390 g/mol. The van der Waals surface area contributed by atoms with Crippen LogP contribution in [0.1, 0.15) is 18.1 Å². The van der Waals surface area contributed by atoms with E-state index in [9.17, 15) is 4.79 Å². The number of hydrogen-bond donors (Lipinski definition) is 2. The highest BCUT2D eigenvalue weighted by atomic mass is 32.2.